The van der Waals surface area contributed by atoms with E-state index in [9.17, 15) is 4.79 Å². The van der Waals surface area contributed by atoms with Crippen molar-refractivity contribution >= 4 is 17.9 Å². The maximum absolute atomic E-state index is 11.9. The molecule has 1 aromatic heterocycles. The molecule has 0 saturated heterocycles. The predicted octanol–water partition coefficient (Wildman–Crippen LogP) is 2.23. The van der Waals surface area contributed by atoms with E-state index >= 15 is 0 Å². The molecule has 90 valence electrons. The van der Waals surface area contributed by atoms with Gasteiger partial charge < -0.3 is 10.1 Å². The molecule has 17 heavy (non-hydrogen) atoms. The molecule has 0 spiro atoms. The average molecular weight is 232 g/mol. The monoisotopic (exact) mass is 232 g/mol. The Morgan fingerprint density at radius 2 is 2.24 bits per heavy atom. The lowest BCUT2D eigenvalue weighted by Gasteiger charge is -2.22. The average Bonchev–Trinajstić information content (AvgIpc) is 2.26. The highest BCUT2D eigenvalue weighted by Gasteiger charge is 2.22. The number of fused-ring (bicyclic) bond motifs is 1. The normalized spacial score (nSPS) is 14.4. The van der Waals surface area contributed by atoms with Gasteiger partial charge in [0, 0.05) is 18.3 Å². The van der Waals surface area contributed by atoms with Gasteiger partial charge in [0.25, 0.3) is 0 Å². The summed E-state index contributed by atoms with van der Waals surface area (Å²) in [6, 6.07) is 3.76. The topological polar surface area (TPSA) is 51.2 Å². The Kier molecular flexibility index (Phi) is 2.88. The third-order valence-electron chi connectivity index (χ3n) is 2.28. The van der Waals surface area contributed by atoms with Gasteiger partial charge in [0.2, 0.25) is 0 Å². The molecule has 0 bridgehead atoms. The number of rotatable bonds is 1. The van der Waals surface area contributed by atoms with Gasteiger partial charge in [0.1, 0.15) is 11.4 Å². The first-order chi connectivity index (χ1) is 7.96. The number of nitrogens with one attached hydrogen (secondary N) is 1. The fourth-order valence-corrected chi connectivity index (χ4v) is 1.57. The number of hydrogen-bond acceptors (Lipinski definition) is 4. The van der Waals surface area contributed by atoms with Crippen molar-refractivity contribution in [2.24, 2.45) is 0 Å². The van der Waals surface area contributed by atoms with Crippen LogP contribution in [-0.4, -0.2) is 23.1 Å². The van der Waals surface area contributed by atoms with E-state index in [4.69, 9.17) is 4.74 Å². The minimum atomic E-state index is -0.465. The summed E-state index contributed by atoms with van der Waals surface area (Å²) in [5.74, 6) is 0.527. The molecule has 0 fully saturated rings. The Bertz CT molecular complexity index is 473. The fourth-order valence-electron chi connectivity index (χ4n) is 1.57. The largest absolute Gasteiger partial charge is 0.457 e. The van der Waals surface area contributed by atoms with Gasteiger partial charge in [-0.25, -0.2) is 9.78 Å². The van der Waals surface area contributed by atoms with Crippen LogP contribution in [0.4, 0.5) is 5.82 Å². The molecule has 0 unspecified atom stereocenters. The molecule has 4 heteroatoms. The highest BCUT2D eigenvalue weighted by Crippen LogP contribution is 2.22. The summed E-state index contributed by atoms with van der Waals surface area (Å²) in [6.07, 6.45) is 3.55. The Morgan fingerprint density at radius 3 is 2.94 bits per heavy atom. The first-order valence-electron chi connectivity index (χ1n) is 5.58. The molecule has 1 aromatic rings. The van der Waals surface area contributed by atoms with Crippen molar-refractivity contribution in [2.75, 3.05) is 11.9 Å². The van der Waals surface area contributed by atoms with Gasteiger partial charge in [-0.05, 0) is 39.0 Å². The Labute approximate surface area is 101 Å². The summed E-state index contributed by atoms with van der Waals surface area (Å²) in [5, 5.41) is 3.10. The van der Waals surface area contributed by atoms with E-state index in [-0.39, 0.29) is 5.97 Å². The molecular weight excluding hydrogens is 216 g/mol. The molecule has 0 saturated carbocycles. The molecule has 0 radical (unpaired) electrons. The zero-order valence-electron chi connectivity index (χ0n) is 10.3. The number of hydrogen-bond donors (Lipinski definition) is 1. The number of ether oxygens (including phenoxy) is 1. The molecule has 2 rings (SSSR count). The van der Waals surface area contributed by atoms with Crippen LogP contribution in [0, 0.1) is 0 Å². The van der Waals surface area contributed by atoms with Crippen LogP contribution in [0.15, 0.2) is 23.9 Å². The molecule has 2 heterocycles. The van der Waals surface area contributed by atoms with E-state index in [1.165, 1.54) is 0 Å². The molecule has 4 nitrogen and oxygen atoms in total. The Balaban J connectivity index is 2.20. The Hall–Kier alpha value is -1.84. The number of esters is 1. The van der Waals surface area contributed by atoms with Crippen LogP contribution < -0.4 is 5.32 Å². The second-order valence-electron chi connectivity index (χ2n) is 4.97. The summed E-state index contributed by atoms with van der Waals surface area (Å²) in [6.45, 7) is 6.03. The third kappa shape index (κ3) is 2.84. The van der Waals surface area contributed by atoms with Crippen molar-refractivity contribution in [2.45, 2.75) is 26.4 Å². The quantitative estimate of drug-likeness (QED) is 0.754. The molecular formula is C13H16N2O2. The van der Waals surface area contributed by atoms with Crippen LogP contribution in [0.3, 0.4) is 0 Å². The molecule has 0 aliphatic carbocycles. The SMILES string of the molecule is CC(C)(C)OC(=O)C1=Cc2cccnc2NC1. The highest BCUT2D eigenvalue weighted by molar-refractivity contribution is 5.97. The van der Waals surface area contributed by atoms with Gasteiger partial charge in [-0.1, -0.05) is 0 Å². The first-order valence-corrected chi connectivity index (χ1v) is 5.58. The second kappa shape index (κ2) is 4.20. The van der Waals surface area contributed by atoms with E-state index in [1.54, 1.807) is 6.20 Å². The van der Waals surface area contributed by atoms with Crippen LogP contribution >= 0.6 is 0 Å². The van der Waals surface area contributed by atoms with E-state index in [2.05, 4.69) is 10.3 Å². The highest BCUT2D eigenvalue weighted by atomic mass is 16.6. The van der Waals surface area contributed by atoms with Crippen LogP contribution in [-0.2, 0) is 9.53 Å². The lowest BCUT2D eigenvalue weighted by atomic mass is 10.1. The molecule has 1 aliphatic heterocycles. The van der Waals surface area contributed by atoms with Gasteiger partial charge in [0.15, 0.2) is 0 Å². The second-order valence-corrected chi connectivity index (χ2v) is 4.97. The minimum Gasteiger partial charge on any atom is -0.457 e. The van der Waals surface area contributed by atoms with Crippen LogP contribution in [0.5, 0.6) is 0 Å². The van der Waals surface area contributed by atoms with Crippen molar-refractivity contribution in [3.05, 3.63) is 29.5 Å². The summed E-state index contributed by atoms with van der Waals surface area (Å²) in [7, 11) is 0. The maximum atomic E-state index is 11.9. The third-order valence-corrected chi connectivity index (χ3v) is 2.28. The maximum Gasteiger partial charge on any atom is 0.336 e. The molecule has 1 N–H and O–H groups in total. The van der Waals surface area contributed by atoms with Crippen molar-refractivity contribution in [3.63, 3.8) is 0 Å². The summed E-state index contributed by atoms with van der Waals surface area (Å²) in [4.78, 5) is 16.1. The zero-order chi connectivity index (χ0) is 12.5. The van der Waals surface area contributed by atoms with E-state index in [0.29, 0.717) is 12.1 Å². The van der Waals surface area contributed by atoms with Crippen molar-refractivity contribution in [1.29, 1.82) is 0 Å². The van der Waals surface area contributed by atoms with Gasteiger partial charge >= 0.3 is 5.97 Å². The molecule has 0 aromatic carbocycles. The summed E-state index contributed by atoms with van der Waals surface area (Å²) < 4.78 is 5.32. The van der Waals surface area contributed by atoms with Crippen LogP contribution in [0.1, 0.15) is 26.3 Å². The lowest BCUT2D eigenvalue weighted by molar-refractivity contribution is -0.149. The van der Waals surface area contributed by atoms with E-state index < -0.39 is 5.60 Å². The smallest absolute Gasteiger partial charge is 0.336 e. The summed E-state index contributed by atoms with van der Waals surface area (Å²) in [5.41, 5.74) is 1.08. The number of carbonyl (C=O) groups is 1. The number of pyridine rings is 1. The van der Waals surface area contributed by atoms with Gasteiger partial charge in [0.05, 0.1) is 5.57 Å². The first kappa shape index (κ1) is 11.6. The Morgan fingerprint density at radius 1 is 1.47 bits per heavy atom. The summed E-state index contributed by atoms with van der Waals surface area (Å²) >= 11 is 0. The van der Waals surface area contributed by atoms with Crippen molar-refractivity contribution in [3.8, 4) is 0 Å². The van der Waals surface area contributed by atoms with Gasteiger partial charge in [-0.2, -0.15) is 0 Å². The molecule has 0 atom stereocenters. The lowest BCUT2D eigenvalue weighted by Crippen LogP contribution is -2.28. The number of carbonyl (C=O) groups excluding carboxylic acids is 1. The number of anilines is 1. The number of nitrogens with zero attached hydrogens (tertiary/aromatic N) is 1. The number of aromatic nitrogens is 1. The van der Waals surface area contributed by atoms with Gasteiger partial charge in [-0.3, -0.25) is 0 Å². The van der Waals surface area contributed by atoms with Crippen LogP contribution in [0.2, 0.25) is 0 Å². The molecule has 0 amide bonds. The van der Waals surface area contributed by atoms with E-state index in [1.807, 2.05) is 39.0 Å². The van der Waals surface area contributed by atoms with Crippen molar-refractivity contribution < 1.29 is 9.53 Å². The fraction of sp³-hybridized carbons (Fsp3) is 0.385. The predicted molar refractivity (Wildman–Crippen MR) is 66.5 cm³/mol. The van der Waals surface area contributed by atoms with Crippen molar-refractivity contribution in [1.82, 2.24) is 4.98 Å². The molecule has 1 aliphatic rings. The van der Waals surface area contributed by atoms with Crippen LogP contribution in [0.25, 0.3) is 6.08 Å². The van der Waals surface area contributed by atoms with Gasteiger partial charge in [-0.15, -0.1) is 0 Å². The minimum absolute atomic E-state index is 0.278. The van der Waals surface area contributed by atoms with E-state index in [0.717, 1.165) is 11.4 Å². The standard InChI is InChI=1S/C13H16N2O2/c1-13(2,3)17-12(16)10-7-9-5-4-6-14-11(9)15-8-10/h4-7H,8H2,1-3H3,(H,14,15). The zero-order valence-corrected chi connectivity index (χ0v) is 10.3.